The monoisotopic (exact) mass is 164 g/mol. The number of nitrogens with two attached hydrogens (primary N) is 1. The van der Waals surface area contributed by atoms with Gasteiger partial charge in [0, 0.05) is 6.54 Å². The van der Waals surface area contributed by atoms with Gasteiger partial charge in [-0.05, 0) is 0 Å². The van der Waals surface area contributed by atoms with E-state index in [1.54, 1.807) is 0 Å². The predicted molar refractivity (Wildman–Crippen MR) is 36.3 cm³/mol. The molecule has 0 bridgehead atoms. The molecule has 0 aliphatic heterocycles. The Morgan fingerprint density at radius 3 is 2.36 bits per heavy atom. The molecular weight excluding hydrogens is 152 g/mol. The maximum atomic E-state index is 10.7. The van der Waals surface area contributed by atoms with Crippen LogP contribution in [0.25, 0.3) is 0 Å². The Balaban J connectivity index is 3.81. The number of Topliss-reactive ketones (excluding diaryl/α,β-unsaturated/α-hetero) is 1. The first-order valence-electron chi connectivity index (χ1n) is 3.07. The molecule has 6 N–H and O–H groups in total. The van der Waals surface area contributed by atoms with Gasteiger partial charge in [-0.1, -0.05) is 0 Å². The van der Waals surface area contributed by atoms with Crippen molar-refractivity contribution in [1.82, 2.24) is 5.43 Å². The molecule has 11 heavy (non-hydrogen) atoms. The van der Waals surface area contributed by atoms with Gasteiger partial charge in [-0.15, -0.1) is 0 Å². The minimum Gasteiger partial charge on any atom is -0.393 e. The van der Waals surface area contributed by atoms with Crippen molar-refractivity contribution in [2.24, 2.45) is 5.84 Å². The highest BCUT2D eigenvalue weighted by atomic mass is 16.3. The summed E-state index contributed by atoms with van der Waals surface area (Å²) in [4.78, 5) is 10.7. The van der Waals surface area contributed by atoms with Crippen molar-refractivity contribution in [2.75, 3.05) is 13.2 Å². The van der Waals surface area contributed by atoms with Gasteiger partial charge in [0.15, 0.2) is 5.78 Å². The van der Waals surface area contributed by atoms with E-state index in [4.69, 9.17) is 21.2 Å². The second-order valence-corrected chi connectivity index (χ2v) is 2.02. The molecule has 6 heteroatoms. The van der Waals surface area contributed by atoms with Crippen LogP contribution in [0.4, 0.5) is 0 Å². The largest absolute Gasteiger partial charge is 0.393 e. The SMILES string of the molecule is NNC[C@@H](O)C(=O)[C@H](O)CO. The van der Waals surface area contributed by atoms with Crippen molar-refractivity contribution in [1.29, 1.82) is 0 Å². The third-order valence-electron chi connectivity index (χ3n) is 1.14. The molecule has 0 radical (unpaired) electrons. The van der Waals surface area contributed by atoms with Crippen LogP contribution >= 0.6 is 0 Å². The number of nitrogens with one attached hydrogen (secondary N) is 1. The standard InChI is InChI=1S/C5H12N2O4/c6-7-1-3(9)5(11)4(10)2-8/h3-4,7-10H,1-2,6H2/t3-,4-/m1/s1. The minimum absolute atomic E-state index is 0.143. The Hall–Kier alpha value is -0.530. The van der Waals surface area contributed by atoms with Gasteiger partial charge in [0.05, 0.1) is 6.61 Å². The zero-order valence-electron chi connectivity index (χ0n) is 5.90. The van der Waals surface area contributed by atoms with Crippen LogP contribution in [0, 0.1) is 0 Å². The molecule has 0 aromatic rings. The summed E-state index contributed by atoms with van der Waals surface area (Å²) in [6, 6.07) is 0. The van der Waals surface area contributed by atoms with E-state index in [-0.39, 0.29) is 6.54 Å². The maximum Gasteiger partial charge on any atom is 0.193 e. The third kappa shape index (κ3) is 3.40. The van der Waals surface area contributed by atoms with Gasteiger partial charge in [-0.25, -0.2) is 0 Å². The molecular formula is C5H12N2O4. The van der Waals surface area contributed by atoms with Crippen LogP contribution in [0.1, 0.15) is 0 Å². The van der Waals surface area contributed by atoms with E-state index < -0.39 is 24.6 Å². The molecule has 0 aromatic heterocycles. The van der Waals surface area contributed by atoms with Gasteiger partial charge in [-0.2, -0.15) is 0 Å². The predicted octanol–water partition coefficient (Wildman–Crippen LogP) is -3.27. The average molecular weight is 164 g/mol. The van der Waals surface area contributed by atoms with E-state index in [1.807, 2.05) is 0 Å². The summed E-state index contributed by atoms with van der Waals surface area (Å²) in [5, 5.41) is 25.8. The molecule has 66 valence electrons. The fraction of sp³-hybridized carbons (Fsp3) is 0.800. The van der Waals surface area contributed by atoms with E-state index >= 15 is 0 Å². The van der Waals surface area contributed by atoms with Crippen molar-refractivity contribution < 1.29 is 20.1 Å². The van der Waals surface area contributed by atoms with Crippen LogP contribution in [0.3, 0.4) is 0 Å². The fourth-order valence-electron chi connectivity index (χ4n) is 0.524. The topological polar surface area (TPSA) is 116 Å². The lowest BCUT2D eigenvalue weighted by atomic mass is 10.1. The molecule has 0 saturated carbocycles. The number of aliphatic hydroxyl groups is 3. The molecule has 6 nitrogen and oxygen atoms in total. The average Bonchev–Trinajstić information content (AvgIpc) is 2.02. The molecule has 0 unspecified atom stereocenters. The number of ketones is 1. The van der Waals surface area contributed by atoms with Gasteiger partial charge in [0.1, 0.15) is 12.2 Å². The molecule has 0 heterocycles. The molecule has 0 spiro atoms. The fourth-order valence-corrected chi connectivity index (χ4v) is 0.524. The van der Waals surface area contributed by atoms with Crippen LogP contribution in [-0.4, -0.2) is 46.5 Å². The second-order valence-electron chi connectivity index (χ2n) is 2.02. The Morgan fingerprint density at radius 2 is 2.00 bits per heavy atom. The van der Waals surface area contributed by atoms with E-state index in [1.165, 1.54) is 0 Å². The summed E-state index contributed by atoms with van der Waals surface area (Å²) in [6.07, 6.45) is -2.90. The number of hydrogen-bond acceptors (Lipinski definition) is 6. The van der Waals surface area contributed by atoms with Crippen molar-refractivity contribution in [3.63, 3.8) is 0 Å². The van der Waals surface area contributed by atoms with Crippen LogP contribution in [-0.2, 0) is 4.79 Å². The van der Waals surface area contributed by atoms with Crippen molar-refractivity contribution in [3.05, 3.63) is 0 Å². The number of carbonyl (C=O) groups excluding carboxylic acids is 1. The number of carbonyl (C=O) groups is 1. The lowest BCUT2D eigenvalue weighted by Gasteiger charge is -2.11. The lowest BCUT2D eigenvalue weighted by molar-refractivity contribution is -0.137. The van der Waals surface area contributed by atoms with E-state index in [0.717, 1.165) is 0 Å². The van der Waals surface area contributed by atoms with E-state index in [2.05, 4.69) is 5.43 Å². The number of hydrogen-bond donors (Lipinski definition) is 5. The lowest BCUT2D eigenvalue weighted by Crippen LogP contribution is -2.42. The van der Waals surface area contributed by atoms with Gasteiger partial charge in [0.2, 0.25) is 0 Å². The summed E-state index contributed by atoms with van der Waals surface area (Å²) < 4.78 is 0. The van der Waals surface area contributed by atoms with Crippen molar-refractivity contribution in [2.45, 2.75) is 12.2 Å². The molecule has 0 aliphatic carbocycles. The molecule has 0 rings (SSSR count). The van der Waals surface area contributed by atoms with Crippen LogP contribution < -0.4 is 11.3 Å². The molecule has 0 fully saturated rings. The first-order valence-corrected chi connectivity index (χ1v) is 3.07. The van der Waals surface area contributed by atoms with Crippen LogP contribution in [0.5, 0.6) is 0 Å². The number of aliphatic hydroxyl groups excluding tert-OH is 3. The first-order chi connectivity index (χ1) is 5.13. The Morgan fingerprint density at radius 1 is 1.45 bits per heavy atom. The zero-order chi connectivity index (χ0) is 8.85. The highest BCUT2D eigenvalue weighted by Gasteiger charge is 2.21. The summed E-state index contributed by atoms with van der Waals surface area (Å²) in [5.74, 6) is 3.96. The Kier molecular flexibility index (Phi) is 4.92. The van der Waals surface area contributed by atoms with Crippen LogP contribution in [0.2, 0.25) is 0 Å². The number of rotatable bonds is 5. The van der Waals surface area contributed by atoms with E-state index in [9.17, 15) is 4.79 Å². The second kappa shape index (κ2) is 5.16. The molecule has 0 aliphatic rings. The van der Waals surface area contributed by atoms with Gasteiger partial charge >= 0.3 is 0 Å². The van der Waals surface area contributed by atoms with Crippen LogP contribution in [0.15, 0.2) is 0 Å². The minimum atomic E-state index is -1.53. The summed E-state index contributed by atoms with van der Waals surface area (Å²) in [6.45, 7) is -0.837. The van der Waals surface area contributed by atoms with Gasteiger partial charge < -0.3 is 15.3 Å². The quantitative estimate of drug-likeness (QED) is 0.215. The number of hydrazine groups is 1. The molecule has 2 atom stereocenters. The molecule has 0 saturated heterocycles. The van der Waals surface area contributed by atoms with E-state index in [0.29, 0.717) is 0 Å². The van der Waals surface area contributed by atoms with Crippen molar-refractivity contribution >= 4 is 5.78 Å². The Labute approximate surface area is 63.6 Å². The smallest absolute Gasteiger partial charge is 0.193 e. The maximum absolute atomic E-state index is 10.7. The highest BCUT2D eigenvalue weighted by molar-refractivity contribution is 5.87. The summed E-state index contributed by atoms with van der Waals surface area (Å²) in [5.41, 5.74) is 2.06. The Bertz CT molecular complexity index is 130. The van der Waals surface area contributed by atoms with Gasteiger partial charge in [-0.3, -0.25) is 16.1 Å². The normalized spacial score (nSPS) is 16.0. The van der Waals surface area contributed by atoms with Gasteiger partial charge in [0.25, 0.3) is 0 Å². The first kappa shape index (κ1) is 10.5. The van der Waals surface area contributed by atoms with Crippen molar-refractivity contribution in [3.8, 4) is 0 Å². The highest BCUT2D eigenvalue weighted by Crippen LogP contribution is 1.90. The summed E-state index contributed by atoms with van der Waals surface area (Å²) >= 11 is 0. The third-order valence-corrected chi connectivity index (χ3v) is 1.14. The molecule has 0 amide bonds. The molecule has 0 aromatic carbocycles. The summed E-state index contributed by atoms with van der Waals surface area (Å²) in [7, 11) is 0. The zero-order valence-corrected chi connectivity index (χ0v) is 5.90.